The second-order valence-corrected chi connectivity index (χ2v) is 8.54. The molecule has 0 aliphatic carbocycles. The molecule has 0 spiro atoms. The summed E-state index contributed by atoms with van der Waals surface area (Å²) < 4.78 is 17.1. The number of rotatable bonds is 11. The minimum atomic E-state index is -0.267. The fourth-order valence-corrected chi connectivity index (χ4v) is 3.49. The molecule has 4 nitrogen and oxygen atoms in total. The predicted molar refractivity (Wildman–Crippen MR) is 115 cm³/mol. The van der Waals surface area contributed by atoms with Gasteiger partial charge in [-0.1, -0.05) is 66.2 Å². The lowest BCUT2D eigenvalue weighted by atomic mass is 9.78. The summed E-state index contributed by atoms with van der Waals surface area (Å²) in [6, 6.07) is 0. The maximum absolute atomic E-state index is 12.0. The zero-order valence-corrected chi connectivity index (χ0v) is 19.5. The number of carbonyl (C=O) groups is 1. The topological polar surface area (TPSA) is 44.8 Å². The smallest absolute Gasteiger partial charge is 0.457 e. The third-order valence-corrected chi connectivity index (χ3v) is 6.03. The highest BCUT2D eigenvalue weighted by Crippen LogP contribution is 2.38. The molecule has 5 heteroatoms. The maximum atomic E-state index is 12.0. The van der Waals surface area contributed by atoms with Crippen LogP contribution >= 0.6 is 0 Å². The summed E-state index contributed by atoms with van der Waals surface area (Å²) in [7, 11) is 1.34. The largest absolute Gasteiger partial charge is 0.469 e. The summed E-state index contributed by atoms with van der Waals surface area (Å²) in [5, 5.41) is 0. The highest BCUT2D eigenvalue weighted by atomic mass is 16.7. The fourth-order valence-electron chi connectivity index (χ4n) is 3.49. The number of ether oxygens (including phenoxy) is 1. The van der Waals surface area contributed by atoms with Crippen molar-refractivity contribution in [3.05, 3.63) is 0 Å². The highest BCUT2D eigenvalue weighted by Gasteiger charge is 2.50. The molecule has 1 rings (SSSR count). The van der Waals surface area contributed by atoms with E-state index in [0.29, 0.717) is 5.92 Å². The monoisotopic (exact) mass is 384 g/mol. The standard InChI is InChI=1S/C20H39BO4.C2H6/c1-8-9-10-11-13-17(16(2)18(22)23-7)14-12-15-21-24-19(3,4)20(5,6)25-21;1-2/h16-17H,8-15H2,1-7H3;1-2H3. The van der Waals surface area contributed by atoms with E-state index >= 15 is 0 Å². The van der Waals surface area contributed by atoms with Gasteiger partial charge < -0.3 is 14.0 Å². The Bertz CT molecular complexity index is 393. The van der Waals surface area contributed by atoms with E-state index in [1.165, 1.54) is 32.8 Å². The van der Waals surface area contributed by atoms with Crippen molar-refractivity contribution in [1.82, 2.24) is 0 Å². The van der Waals surface area contributed by atoms with Crippen LogP contribution in [-0.2, 0) is 18.8 Å². The predicted octanol–water partition coefficient (Wildman–Crippen LogP) is 6.28. The first kappa shape index (κ1) is 26.5. The average Bonchev–Trinajstić information content (AvgIpc) is 2.84. The van der Waals surface area contributed by atoms with Crippen molar-refractivity contribution in [1.29, 1.82) is 0 Å². The summed E-state index contributed by atoms with van der Waals surface area (Å²) in [4.78, 5) is 12.0. The van der Waals surface area contributed by atoms with E-state index < -0.39 is 0 Å². The first-order chi connectivity index (χ1) is 12.6. The third kappa shape index (κ3) is 8.56. The summed E-state index contributed by atoms with van der Waals surface area (Å²) in [6.07, 6.45) is 8.95. The Morgan fingerprint density at radius 2 is 1.48 bits per heavy atom. The van der Waals surface area contributed by atoms with Gasteiger partial charge in [0.05, 0.1) is 24.2 Å². The molecule has 0 amide bonds. The molecule has 0 saturated carbocycles. The van der Waals surface area contributed by atoms with Crippen molar-refractivity contribution in [2.75, 3.05) is 7.11 Å². The van der Waals surface area contributed by atoms with E-state index in [2.05, 4.69) is 34.6 Å². The lowest BCUT2D eigenvalue weighted by Gasteiger charge is -2.32. The lowest BCUT2D eigenvalue weighted by Crippen LogP contribution is -2.41. The van der Waals surface area contributed by atoms with E-state index in [1.807, 2.05) is 20.8 Å². The average molecular weight is 384 g/mol. The Balaban J connectivity index is 0.00000326. The van der Waals surface area contributed by atoms with E-state index in [9.17, 15) is 4.79 Å². The fraction of sp³-hybridized carbons (Fsp3) is 0.955. The zero-order valence-electron chi connectivity index (χ0n) is 19.5. The van der Waals surface area contributed by atoms with Crippen LogP contribution < -0.4 is 0 Å². The molecule has 1 aliphatic rings. The SMILES string of the molecule is CC.CCCCCCC(CCCB1OC(C)(C)C(C)(C)O1)C(C)C(=O)OC. The van der Waals surface area contributed by atoms with Crippen LogP contribution in [0.3, 0.4) is 0 Å². The van der Waals surface area contributed by atoms with Crippen molar-refractivity contribution < 1.29 is 18.8 Å². The zero-order chi connectivity index (χ0) is 21.1. The van der Waals surface area contributed by atoms with Gasteiger partial charge in [-0.2, -0.15) is 0 Å². The number of methoxy groups -OCH3 is 1. The molecule has 0 aromatic heterocycles. The van der Waals surface area contributed by atoms with Crippen LogP contribution in [0.15, 0.2) is 0 Å². The van der Waals surface area contributed by atoms with E-state index in [1.54, 1.807) is 0 Å². The number of hydrogen-bond donors (Lipinski definition) is 0. The Labute approximate surface area is 169 Å². The van der Waals surface area contributed by atoms with E-state index in [4.69, 9.17) is 14.0 Å². The first-order valence-corrected chi connectivity index (χ1v) is 11.1. The van der Waals surface area contributed by atoms with Gasteiger partial charge in [0.2, 0.25) is 0 Å². The molecule has 0 N–H and O–H groups in total. The Kier molecular flexibility index (Phi) is 12.6. The van der Waals surface area contributed by atoms with Crippen molar-refractivity contribution >= 4 is 13.1 Å². The summed E-state index contributed by atoms with van der Waals surface area (Å²) in [5.41, 5.74) is -0.535. The van der Waals surface area contributed by atoms with Crippen LogP contribution in [0.4, 0.5) is 0 Å². The molecule has 1 saturated heterocycles. The van der Waals surface area contributed by atoms with Crippen LogP contribution in [-0.4, -0.2) is 31.4 Å². The van der Waals surface area contributed by atoms with Crippen LogP contribution in [0, 0.1) is 11.8 Å². The minimum absolute atomic E-state index is 0.0371. The van der Waals surface area contributed by atoms with E-state index in [0.717, 1.165) is 25.6 Å². The molecular formula is C22H45BO4. The lowest BCUT2D eigenvalue weighted by molar-refractivity contribution is -0.146. The molecule has 2 atom stereocenters. The van der Waals surface area contributed by atoms with Crippen LogP contribution in [0.1, 0.15) is 100 Å². The van der Waals surface area contributed by atoms with Gasteiger partial charge in [0.15, 0.2) is 0 Å². The summed E-state index contributed by atoms with van der Waals surface area (Å²) >= 11 is 0. The normalized spacial score (nSPS) is 19.8. The minimum Gasteiger partial charge on any atom is -0.469 e. The number of carbonyl (C=O) groups excluding carboxylic acids is 1. The third-order valence-electron chi connectivity index (χ3n) is 6.03. The molecule has 1 heterocycles. The first-order valence-electron chi connectivity index (χ1n) is 11.1. The summed E-state index contributed by atoms with van der Waals surface area (Å²) in [5.74, 6) is 0.257. The van der Waals surface area contributed by atoms with Gasteiger partial charge in [0, 0.05) is 0 Å². The van der Waals surface area contributed by atoms with Crippen molar-refractivity contribution in [2.45, 2.75) is 118 Å². The van der Waals surface area contributed by atoms with Gasteiger partial charge >= 0.3 is 13.1 Å². The summed E-state index contributed by atoms with van der Waals surface area (Å²) in [6.45, 7) is 16.6. The number of hydrogen-bond acceptors (Lipinski definition) is 4. The number of unbranched alkanes of at least 4 members (excludes halogenated alkanes) is 3. The maximum Gasteiger partial charge on any atom is 0.457 e. The van der Waals surface area contributed by atoms with E-state index in [-0.39, 0.29) is 30.2 Å². The molecule has 0 aromatic rings. The number of esters is 1. The second-order valence-electron chi connectivity index (χ2n) is 8.54. The van der Waals surface area contributed by atoms with Gasteiger partial charge in [-0.3, -0.25) is 4.79 Å². The van der Waals surface area contributed by atoms with Gasteiger partial charge in [-0.15, -0.1) is 0 Å². The second kappa shape index (κ2) is 12.8. The van der Waals surface area contributed by atoms with Crippen LogP contribution in [0.25, 0.3) is 0 Å². The molecule has 0 radical (unpaired) electrons. The van der Waals surface area contributed by atoms with Gasteiger partial charge in [0.1, 0.15) is 0 Å². The Morgan fingerprint density at radius 1 is 0.963 bits per heavy atom. The van der Waals surface area contributed by atoms with Gasteiger partial charge in [0.25, 0.3) is 0 Å². The molecule has 0 bridgehead atoms. The molecule has 1 aliphatic heterocycles. The Morgan fingerprint density at radius 3 is 1.96 bits per heavy atom. The van der Waals surface area contributed by atoms with Gasteiger partial charge in [-0.25, -0.2) is 0 Å². The van der Waals surface area contributed by atoms with Crippen molar-refractivity contribution in [3.63, 3.8) is 0 Å². The molecule has 2 unspecified atom stereocenters. The molecular weight excluding hydrogens is 339 g/mol. The van der Waals surface area contributed by atoms with Crippen molar-refractivity contribution in [2.24, 2.45) is 11.8 Å². The Hall–Kier alpha value is -0.545. The molecule has 0 aromatic carbocycles. The quantitative estimate of drug-likeness (QED) is 0.239. The molecule has 160 valence electrons. The molecule has 27 heavy (non-hydrogen) atoms. The van der Waals surface area contributed by atoms with Crippen LogP contribution in [0.5, 0.6) is 0 Å². The van der Waals surface area contributed by atoms with Crippen LogP contribution in [0.2, 0.25) is 6.32 Å². The molecule has 1 fully saturated rings. The van der Waals surface area contributed by atoms with Crippen molar-refractivity contribution in [3.8, 4) is 0 Å². The highest BCUT2D eigenvalue weighted by molar-refractivity contribution is 6.45. The van der Waals surface area contributed by atoms with Gasteiger partial charge in [-0.05, 0) is 46.4 Å².